The number of thiazole rings is 1. The molecule has 108 valence electrons. The number of nitrogens with one attached hydrogen (secondary N) is 1. The monoisotopic (exact) mass is 301 g/mol. The average molecular weight is 301 g/mol. The van der Waals surface area contributed by atoms with E-state index in [0.717, 1.165) is 16.9 Å². The maximum absolute atomic E-state index is 13.0. The third-order valence-electron chi connectivity index (χ3n) is 2.78. The van der Waals surface area contributed by atoms with Gasteiger partial charge in [0.1, 0.15) is 10.7 Å². The van der Waals surface area contributed by atoms with Gasteiger partial charge in [-0.1, -0.05) is 13.0 Å². The van der Waals surface area contributed by atoms with Gasteiger partial charge >= 0.3 is 6.18 Å². The highest BCUT2D eigenvalue weighted by Crippen LogP contribution is 2.37. The van der Waals surface area contributed by atoms with Gasteiger partial charge in [-0.15, -0.1) is 11.3 Å². The fourth-order valence-electron chi connectivity index (χ4n) is 1.87. The van der Waals surface area contributed by atoms with Gasteiger partial charge in [0.15, 0.2) is 5.69 Å². The summed E-state index contributed by atoms with van der Waals surface area (Å²) in [5, 5.41) is 3.06. The standard InChI is InChI=1S/C13H14F3N3S/c1-3-8-5-4-6-18-10(8)12-19-11(13(14,15)16)9(20-12)7-17-2/h4-6,17H,3,7H2,1-2H3. The summed E-state index contributed by atoms with van der Waals surface area (Å²) in [5.74, 6) is 0. The molecule has 0 aliphatic rings. The van der Waals surface area contributed by atoms with Crippen molar-refractivity contribution in [2.45, 2.75) is 26.1 Å². The van der Waals surface area contributed by atoms with Gasteiger partial charge in [0.2, 0.25) is 0 Å². The van der Waals surface area contributed by atoms with Crippen LogP contribution in [-0.2, 0) is 19.1 Å². The van der Waals surface area contributed by atoms with E-state index in [1.807, 2.05) is 13.0 Å². The van der Waals surface area contributed by atoms with Gasteiger partial charge in [-0.25, -0.2) is 4.98 Å². The first-order valence-corrected chi connectivity index (χ1v) is 6.94. The summed E-state index contributed by atoms with van der Waals surface area (Å²) in [6.45, 7) is 2.08. The zero-order valence-electron chi connectivity index (χ0n) is 11.1. The summed E-state index contributed by atoms with van der Waals surface area (Å²) in [6.07, 6.45) is -2.17. The van der Waals surface area contributed by atoms with Crippen molar-refractivity contribution in [2.24, 2.45) is 0 Å². The number of alkyl halides is 3. The molecule has 0 atom stereocenters. The van der Waals surface area contributed by atoms with Crippen LogP contribution < -0.4 is 5.32 Å². The minimum Gasteiger partial charge on any atom is -0.315 e. The van der Waals surface area contributed by atoms with Crippen molar-refractivity contribution in [1.29, 1.82) is 0 Å². The number of aryl methyl sites for hydroxylation is 1. The average Bonchev–Trinajstić information content (AvgIpc) is 2.83. The lowest BCUT2D eigenvalue weighted by molar-refractivity contribution is -0.141. The molecule has 0 saturated heterocycles. The first kappa shape index (κ1) is 14.9. The van der Waals surface area contributed by atoms with Gasteiger partial charge < -0.3 is 5.32 Å². The molecule has 2 aromatic heterocycles. The number of hydrogen-bond donors (Lipinski definition) is 1. The van der Waals surface area contributed by atoms with Crippen molar-refractivity contribution in [3.8, 4) is 10.7 Å². The molecule has 3 nitrogen and oxygen atoms in total. The second-order valence-electron chi connectivity index (χ2n) is 4.18. The van der Waals surface area contributed by atoms with E-state index in [1.165, 1.54) is 0 Å². The first-order chi connectivity index (χ1) is 9.47. The third-order valence-corrected chi connectivity index (χ3v) is 3.84. The van der Waals surface area contributed by atoms with E-state index in [9.17, 15) is 13.2 Å². The third kappa shape index (κ3) is 2.99. The molecule has 2 aromatic rings. The number of halogens is 3. The van der Waals surface area contributed by atoms with Crippen molar-refractivity contribution >= 4 is 11.3 Å². The minimum atomic E-state index is -4.44. The molecular formula is C13H14F3N3S. The number of nitrogens with zero attached hydrogens (tertiary/aromatic N) is 2. The maximum atomic E-state index is 13.0. The van der Waals surface area contributed by atoms with Gasteiger partial charge in [-0.05, 0) is 25.1 Å². The van der Waals surface area contributed by atoms with Crippen LogP contribution in [0.1, 0.15) is 23.1 Å². The summed E-state index contributed by atoms with van der Waals surface area (Å²) < 4.78 is 38.9. The smallest absolute Gasteiger partial charge is 0.315 e. The highest BCUT2D eigenvalue weighted by molar-refractivity contribution is 7.15. The Bertz CT molecular complexity index is 593. The molecule has 0 spiro atoms. The SMILES string of the molecule is CCc1cccnc1-c1nc(C(F)(F)F)c(CNC)s1. The predicted octanol–water partition coefficient (Wildman–Crippen LogP) is 3.51. The Kier molecular flexibility index (Phi) is 4.39. The summed E-state index contributed by atoms with van der Waals surface area (Å²) in [5.41, 5.74) is 0.610. The fraction of sp³-hybridized carbons (Fsp3) is 0.385. The van der Waals surface area contributed by atoms with Crippen molar-refractivity contribution in [3.63, 3.8) is 0 Å². The molecule has 0 radical (unpaired) electrons. The molecule has 0 amide bonds. The van der Waals surface area contributed by atoms with Crippen LogP contribution in [0.3, 0.4) is 0 Å². The Hall–Kier alpha value is -1.47. The highest BCUT2D eigenvalue weighted by atomic mass is 32.1. The molecule has 2 heterocycles. The Labute approximate surface area is 118 Å². The lowest BCUT2D eigenvalue weighted by Crippen LogP contribution is -2.12. The molecule has 2 rings (SSSR count). The van der Waals surface area contributed by atoms with Crippen LogP contribution in [0.4, 0.5) is 13.2 Å². The van der Waals surface area contributed by atoms with Crippen LogP contribution in [0, 0.1) is 0 Å². The van der Waals surface area contributed by atoms with Crippen LogP contribution in [0.5, 0.6) is 0 Å². The molecule has 0 bridgehead atoms. The first-order valence-electron chi connectivity index (χ1n) is 6.13. The lowest BCUT2D eigenvalue weighted by Gasteiger charge is -2.05. The Morgan fingerprint density at radius 3 is 2.70 bits per heavy atom. The number of aromatic nitrogens is 2. The number of hydrogen-bond acceptors (Lipinski definition) is 4. The van der Waals surface area contributed by atoms with E-state index in [4.69, 9.17) is 0 Å². The van der Waals surface area contributed by atoms with Crippen molar-refractivity contribution in [2.75, 3.05) is 7.05 Å². The van der Waals surface area contributed by atoms with Gasteiger partial charge in [-0.2, -0.15) is 13.2 Å². The largest absolute Gasteiger partial charge is 0.434 e. The molecule has 0 saturated carbocycles. The Balaban J connectivity index is 2.53. The molecular weight excluding hydrogens is 287 g/mol. The van der Waals surface area contributed by atoms with E-state index in [-0.39, 0.29) is 11.4 Å². The molecule has 1 N–H and O–H groups in total. The predicted molar refractivity (Wildman–Crippen MR) is 72.5 cm³/mol. The molecule has 0 fully saturated rings. The summed E-state index contributed by atoms with van der Waals surface area (Å²) in [6, 6.07) is 3.63. The number of rotatable bonds is 4. The Morgan fingerprint density at radius 1 is 1.35 bits per heavy atom. The topological polar surface area (TPSA) is 37.8 Å². The van der Waals surface area contributed by atoms with Crippen LogP contribution in [-0.4, -0.2) is 17.0 Å². The second kappa shape index (κ2) is 5.88. The lowest BCUT2D eigenvalue weighted by atomic mass is 10.1. The van der Waals surface area contributed by atoms with Crippen LogP contribution in [0.2, 0.25) is 0 Å². The minimum absolute atomic E-state index is 0.140. The molecule has 0 aliphatic carbocycles. The maximum Gasteiger partial charge on any atom is 0.434 e. The second-order valence-corrected chi connectivity index (χ2v) is 5.27. The summed E-state index contributed by atoms with van der Waals surface area (Å²) in [4.78, 5) is 8.13. The quantitative estimate of drug-likeness (QED) is 0.939. The molecule has 20 heavy (non-hydrogen) atoms. The van der Waals surface area contributed by atoms with Gasteiger partial charge in [0.25, 0.3) is 0 Å². The zero-order valence-corrected chi connectivity index (χ0v) is 11.9. The van der Waals surface area contributed by atoms with Crippen LogP contribution in [0.25, 0.3) is 10.7 Å². The number of pyridine rings is 1. The fourth-order valence-corrected chi connectivity index (χ4v) is 3.00. The van der Waals surface area contributed by atoms with E-state index in [2.05, 4.69) is 15.3 Å². The normalized spacial score (nSPS) is 11.8. The van der Waals surface area contributed by atoms with E-state index in [0.29, 0.717) is 17.1 Å². The molecule has 0 aromatic carbocycles. The van der Waals surface area contributed by atoms with E-state index in [1.54, 1.807) is 19.3 Å². The summed E-state index contributed by atoms with van der Waals surface area (Å²) in [7, 11) is 1.61. The van der Waals surface area contributed by atoms with Gasteiger partial charge in [0, 0.05) is 12.7 Å². The Morgan fingerprint density at radius 2 is 2.10 bits per heavy atom. The molecule has 0 aliphatic heterocycles. The van der Waals surface area contributed by atoms with E-state index >= 15 is 0 Å². The van der Waals surface area contributed by atoms with Crippen molar-refractivity contribution in [3.05, 3.63) is 34.5 Å². The molecule has 0 unspecified atom stereocenters. The highest BCUT2D eigenvalue weighted by Gasteiger charge is 2.37. The van der Waals surface area contributed by atoms with E-state index < -0.39 is 11.9 Å². The van der Waals surface area contributed by atoms with Gasteiger partial charge in [-0.3, -0.25) is 4.98 Å². The van der Waals surface area contributed by atoms with Crippen molar-refractivity contribution in [1.82, 2.24) is 15.3 Å². The van der Waals surface area contributed by atoms with Crippen LogP contribution in [0.15, 0.2) is 18.3 Å². The summed E-state index contributed by atoms with van der Waals surface area (Å²) >= 11 is 1.04. The van der Waals surface area contributed by atoms with Gasteiger partial charge in [0.05, 0.1) is 4.88 Å². The van der Waals surface area contributed by atoms with Crippen LogP contribution >= 0.6 is 11.3 Å². The van der Waals surface area contributed by atoms with Crippen molar-refractivity contribution < 1.29 is 13.2 Å². The zero-order chi connectivity index (χ0) is 14.8. The molecule has 7 heteroatoms.